The van der Waals surface area contributed by atoms with E-state index in [-0.39, 0.29) is 11.3 Å². The normalized spacial score (nSPS) is 19.2. The van der Waals surface area contributed by atoms with Crippen molar-refractivity contribution in [1.29, 1.82) is 0 Å². The van der Waals surface area contributed by atoms with Gasteiger partial charge in [0.25, 0.3) is 11.5 Å². The molecular formula is C18H15N3O3. The number of aromatic nitrogens is 2. The number of rotatable bonds is 2. The van der Waals surface area contributed by atoms with Crippen molar-refractivity contribution in [3.63, 3.8) is 0 Å². The van der Waals surface area contributed by atoms with Gasteiger partial charge in [-0.25, -0.2) is 5.10 Å². The van der Waals surface area contributed by atoms with Gasteiger partial charge in [-0.1, -0.05) is 42.5 Å². The number of nitrogens with zero attached hydrogens (tertiary/aromatic N) is 1. The van der Waals surface area contributed by atoms with E-state index in [1.165, 1.54) is 0 Å². The average Bonchev–Trinajstić information content (AvgIpc) is 2.91. The van der Waals surface area contributed by atoms with Crippen molar-refractivity contribution < 1.29 is 9.90 Å². The summed E-state index contributed by atoms with van der Waals surface area (Å²) in [6.45, 7) is 0. The fraction of sp³-hybridized carbons (Fsp3) is 0.167. The molecule has 0 saturated heterocycles. The molecule has 0 unspecified atom stereocenters. The zero-order chi connectivity index (χ0) is 16.7. The first-order valence-electron chi connectivity index (χ1n) is 7.69. The molecule has 2 atom stereocenters. The number of fused-ring (bicyclic) bond motifs is 2. The second-order valence-corrected chi connectivity index (χ2v) is 5.87. The number of carbonyl (C=O) groups excluding carboxylic acids is 1. The molecule has 1 aliphatic carbocycles. The third-order valence-corrected chi connectivity index (χ3v) is 4.40. The molecule has 0 radical (unpaired) electrons. The van der Waals surface area contributed by atoms with E-state index < -0.39 is 18.1 Å². The fourth-order valence-corrected chi connectivity index (χ4v) is 3.25. The lowest BCUT2D eigenvalue weighted by Crippen LogP contribution is -2.35. The van der Waals surface area contributed by atoms with Gasteiger partial charge in [0.2, 0.25) is 0 Å². The standard InChI is InChI=1S/C18H15N3O3/c22-14-9-10-5-1-2-6-11(10)15(14)19-18(24)16-12-7-3-4-8-13(12)17(23)21-20-16/h1-8,14-15,22H,9H2,(H,19,24)(H,21,23)/t14-,15-/m0/s1. The van der Waals surface area contributed by atoms with Gasteiger partial charge in [0.1, 0.15) is 0 Å². The molecular weight excluding hydrogens is 306 g/mol. The van der Waals surface area contributed by atoms with Crippen molar-refractivity contribution in [3.05, 3.63) is 75.7 Å². The van der Waals surface area contributed by atoms with Gasteiger partial charge in [0, 0.05) is 11.8 Å². The van der Waals surface area contributed by atoms with Crippen molar-refractivity contribution in [2.45, 2.75) is 18.6 Å². The van der Waals surface area contributed by atoms with Crippen LogP contribution in [0.25, 0.3) is 10.8 Å². The van der Waals surface area contributed by atoms with E-state index in [1.807, 2.05) is 24.3 Å². The van der Waals surface area contributed by atoms with Gasteiger partial charge in [0.15, 0.2) is 5.69 Å². The summed E-state index contributed by atoms with van der Waals surface area (Å²) in [5.41, 5.74) is 1.73. The highest BCUT2D eigenvalue weighted by atomic mass is 16.3. The Morgan fingerprint density at radius 1 is 1.12 bits per heavy atom. The SMILES string of the molecule is O=C(N[C@H]1c2ccccc2C[C@@H]1O)c1n[nH]c(=O)c2ccccc12. The van der Waals surface area contributed by atoms with Crippen LogP contribution in [0.15, 0.2) is 53.3 Å². The molecule has 1 amide bonds. The third kappa shape index (κ3) is 2.28. The molecule has 2 aromatic carbocycles. The van der Waals surface area contributed by atoms with E-state index in [4.69, 9.17) is 0 Å². The maximum absolute atomic E-state index is 12.7. The van der Waals surface area contributed by atoms with Crippen molar-refractivity contribution in [2.24, 2.45) is 0 Å². The summed E-state index contributed by atoms with van der Waals surface area (Å²) in [5, 5.41) is 20.3. The summed E-state index contributed by atoms with van der Waals surface area (Å²) in [5.74, 6) is -0.428. The van der Waals surface area contributed by atoms with E-state index in [0.717, 1.165) is 11.1 Å². The first-order chi connectivity index (χ1) is 11.6. The molecule has 1 aliphatic rings. The summed E-state index contributed by atoms with van der Waals surface area (Å²) in [7, 11) is 0. The minimum atomic E-state index is -0.680. The molecule has 3 N–H and O–H groups in total. The Bertz CT molecular complexity index is 996. The number of benzene rings is 2. The summed E-state index contributed by atoms with van der Waals surface area (Å²) < 4.78 is 0. The molecule has 120 valence electrons. The second kappa shape index (κ2) is 5.58. The number of H-pyrrole nitrogens is 1. The number of aliphatic hydroxyl groups is 1. The molecule has 6 nitrogen and oxygen atoms in total. The Kier molecular flexibility index (Phi) is 3.39. The van der Waals surface area contributed by atoms with Crippen LogP contribution in [0.4, 0.5) is 0 Å². The summed E-state index contributed by atoms with van der Waals surface area (Å²) >= 11 is 0. The first kappa shape index (κ1) is 14.6. The largest absolute Gasteiger partial charge is 0.390 e. The first-order valence-corrected chi connectivity index (χ1v) is 7.69. The summed E-state index contributed by atoms with van der Waals surface area (Å²) in [4.78, 5) is 24.5. The molecule has 0 aliphatic heterocycles. The van der Waals surface area contributed by atoms with E-state index in [0.29, 0.717) is 17.2 Å². The zero-order valence-corrected chi connectivity index (χ0v) is 12.7. The summed E-state index contributed by atoms with van der Waals surface area (Å²) in [6.07, 6.45) is -0.179. The maximum atomic E-state index is 12.7. The Labute approximate surface area is 137 Å². The Balaban J connectivity index is 1.71. The Morgan fingerprint density at radius 2 is 1.83 bits per heavy atom. The molecule has 4 rings (SSSR count). The summed E-state index contributed by atoms with van der Waals surface area (Å²) in [6, 6.07) is 14.0. The molecule has 3 aromatic rings. The van der Waals surface area contributed by atoms with Crippen LogP contribution in [0.5, 0.6) is 0 Å². The van der Waals surface area contributed by atoms with E-state index >= 15 is 0 Å². The van der Waals surface area contributed by atoms with Gasteiger partial charge >= 0.3 is 0 Å². The average molecular weight is 321 g/mol. The topological polar surface area (TPSA) is 95.1 Å². The number of amides is 1. The van der Waals surface area contributed by atoms with Crippen LogP contribution in [0.3, 0.4) is 0 Å². The fourth-order valence-electron chi connectivity index (χ4n) is 3.25. The predicted octanol–water partition coefficient (Wildman–Crippen LogP) is 1.31. The van der Waals surface area contributed by atoms with Crippen LogP contribution in [-0.4, -0.2) is 27.3 Å². The van der Waals surface area contributed by atoms with E-state index in [9.17, 15) is 14.7 Å². The van der Waals surface area contributed by atoms with Crippen molar-refractivity contribution >= 4 is 16.7 Å². The number of aromatic amines is 1. The highest BCUT2D eigenvalue weighted by molar-refractivity contribution is 6.04. The van der Waals surface area contributed by atoms with Crippen LogP contribution in [0.1, 0.15) is 27.7 Å². The van der Waals surface area contributed by atoms with Crippen molar-refractivity contribution in [3.8, 4) is 0 Å². The van der Waals surface area contributed by atoms with Crippen LogP contribution in [-0.2, 0) is 6.42 Å². The maximum Gasteiger partial charge on any atom is 0.272 e. The lowest BCUT2D eigenvalue weighted by Gasteiger charge is -2.18. The quantitative estimate of drug-likeness (QED) is 0.663. The molecule has 1 aromatic heterocycles. The highest BCUT2D eigenvalue weighted by Gasteiger charge is 2.32. The minimum Gasteiger partial charge on any atom is -0.390 e. The van der Waals surface area contributed by atoms with Gasteiger partial charge < -0.3 is 10.4 Å². The molecule has 0 fully saturated rings. The number of carbonyl (C=O) groups is 1. The van der Waals surface area contributed by atoms with E-state index in [1.54, 1.807) is 24.3 Å². The van der Waals surface area contributed by atoms with Gasteiger partial charge in [-0.05, 0) is 17.2 Å². The Hall–Kier alpha value is -2.99. The lowest BCUT2D eigenvalue weighted by molar-refractivity contribution is 0.0854. The molecule has 0 spiro atoms. The van der Waals surface area contributed by atoms with Crippen LogP contribution < -0.4 is 10.9 Å². The monoisotopic (exact) mass is 321 g/mol. The molecule has 6 heteroatoms. The second-order valence-electron chi connectivity index (χ2n) is 5.87. The van der Waals surface area contributed by atoms with Crippen LogP contribution in [0, 0.1) is 0 Å². The van der Waals surface area contributed by atoms with Gasteiger partial charge in [-0.15, -0.1) is 0 Å². The zero-order valence-electron chi connectivity index (χ0n) is 12.7. The number of hydrogen-bond acceptors (Lipinski definition) is 4. The smallest absolute Gasteiger partial charge is 0.272 e. The minimum absolute atomic E-state index is 0.141. The third-order valence-electron chi connectivity index (χ3n) is 4.40. The van der Waals surface area contributed by atoms with Crippen LogP contribution >= 0.6 is 0 Å². The molecule has 0 saturated carbocycles. The number of aliphatic hydroxyl groups excluding tert-OH is 1. The predicted molar refractivity (Wildman–Crippen MR) is 88.7 cm³/mol. The molecule has 0 bridgehead atoms. The van der Waals surface area contributed by atoms with Crippen molar-refractivity contribution in [1.82, 2.24) is 15.5 Å². The van der Waals surface area contributed by atoms with Gasteiger partial charge in [-0.2, -0.15) is 5.10 Å². The molecule has 1 heterocycles. The number of hydrogen-bond donors (Lipinski definition) is 3. The van der Waals surface area contributed by atoms with Gasteiger partial charge in [-0.3, -0.25) is 9.59 Å². The molecule has 24 heavy (non-hydrogen) atoms. The van der Waals surface area contributed by atoms with Crippen molar-refractivity contribution in [2.75, 3.05) is 0 Å². The van der Waals surface area contributed by atoms with Gasteiger partial charge in [0.05, 0.1) is 17.5 Å². The van der Waals surface area contributed by atoms with E-state index in [2.05, 4.69) is 15.5 Å². The van der Waals surface area contributed by atoms with Crippen LogP contribution in [0.2, 0.25) is 0 Å². The Morgan fingerprint density at radius 3 is 2.67 bits per heavy atom. The lowest BCUT2D eigenvalue weighted by atomic mass is 10.1. The highest BCUT2D eigenvalue weighted by Crippen LogP contribution is 2.31. The number of nitrogens with one attached hydrogen (secondary N) is 2.